The van der Waals surface area contributed by atoms with Gasteiger partial charge in [0.15, 0.2) is 0 Å². The highest BCUT2D eigenvalue weighted by Crippen LogP contribution is 2.29. The first-order chi connectivity index (χ1) is 14.5. The number of piperazine rings is 1. The predicted molar refractivity (Wildman–Crippen MR) is 116 cm³/mol. The van der Waals surface area contributed by atoms with E-state index in [1.807, 2.05) is 36.1 Å². The summed E-state index contributed by atoms with van der Waals surface area (Å²) in [6.45, 7) is 4.00. The molecule has 152 valence electrons. The lowest BCUT2D eigenvalue weighted by molar-refractivity contribution is 0.0745. The van der Waals surface area contributed by atoms with Crippen molar-refractivity contribution in [3.63, 3.8) is 0 Å². The number of aryl methyl sites for hydroxylation is 1. The minimum absolute atomic E-state index is 0.144. The van der Waals surface area contributed by atoms with Gasteiger partial charge in [-0.25, -0.2) is 0 Å². The Balaban J connectivity index is 1.49. The highest BCUT2D eigenvalue weighted by Gasteiger charge is 2.27. The number of benzene rings is 2. The Kier molecular flexibility index (Phi) is 5.67. The number of anilines is 1. The number of rotatable bonds is 3. The van der Waals surface area contributed by atoms with Gasteiger partial charge in [-0.05, 0) is 37.3 Å². The maximum atomic E-state index is 12.8. The van der Waals surface area contributed by atoms with Crippen LogP contribution in [0.3, 0.4) is 0 Å². The second kappa shape index (κ2) is 8.39. The van der Waals surface area contributed by atoms with Crippen LogP contribution in [0.1, 0.15) is 21.6 Å². The Morgan fingerprint density at radius 3 is 2.43 bits per heavy atom. The van der Waals surface area contributed by atoms with Crippen LogP contribution in [0, 0.1) is 18.3 Å². The molecule has 0 atom stereocenters. The normalized spacial score (nSPS) is 13.9. The van der Waals surface area contributed by atoms with Crippen molar-refractivity contribution in [3.05, 3.63) is 69.3 Å². The van der Waals surface area contributed by atoms with E-state index in [0.29, 0.717) is 53.6 Å². The molecule has 1 aliphatic heterocycles. The standard InChI is InChI=1S/C22H18Cl2N4O2/c1-14-2-4-15(5-3-14)20-26-19(13-25)22(30-20)28-10-8-27(9-11-28)21(29)17-7-6-16(23)12-18(17)24/h2-7,12H,8-11H2,1H3. The number of nitriles is 1. The molecule has 2 aromatic carbocycles. The van der Waals surface area contributed by atoms with Gasteiger partial charge in [-0.1, -0.05) is 40.9 Å². The first-order valence-corrected chi connectivity index (χ1v) is 10.2. The summed E-state index contributed by atoms with van der Waals surface area (Å²) < 4.78 is 5.94. The fourth-order valence-corrected chi connectivity index (χ4v) is 3.85. The van der Waals surface area contributed by atoms with Gasteiger partial charge in [-0.2, -0.15) is 10.2 Å². The molecule has 6 nitrogen and oxygen atoms in total. The largest absolute Gasteiger partial charge is 0.419 e. The Hall–Kier alpha value is -3.01. The van der Waals surface area contributed by atoms with E-state index >= 15 is 0 Å². The fourth-order valence-electron chi connectivity index (χ4n) is 3.36. The molecule has 0 unspecified atom stereocenters. The predicted octanol–water partition coefficient (Wildman–Crippen LogP) is 4.79. The molecular formula is C22H18Cl2N4O2. The quantitative estimate of drug-likeness (QED) is 0.584. The Morgan fingerprint density at radius 2 is 1.80 bits per heavy atom. The van der Waals surface area contributed by atoms with E-state index in [1.54, 1.807) is 23.1 Å². The molecule has 2 heterocycles. The molecule has 0 aliphatic carbocycles. The summed E-state index contributed by atoms with van der Waals surface area (Å²) in [6, 6.07) is 14.7. The number of amides is 1. The lowest BCUT2D eigenvalue weighted by Crippen LogP contribution is -2.49. The minimum atomic E-state index is -0.144. The molecule has 8 heteroatoms. The Morgan fingerprint density at radius 1 is 1.10 bits per heavy atom. The van der Waals surface area contributed by atoms with Gasteiger partial charge < -0.3 is 14.2 Å². The molecule has 0 bridgehead atoms. The van der Waals surface area contributed by atoms with Crippen LogP contribution >= 0.6 is 23.2 Å². The van der Waals surface area contributed by atoms with Crippen molar-refractivity contribution in [1.82, 2.24) is 9.88 Å². The topological polar surface area (TPSA) is 73.4 Å². The third-order valence-electron chi connectivity index (χ3n) is 5.03. The zero-order valence-electron chi connectivity index (χ0n) is 16.2. The molecule has 0 saturated carbocycles. The first kappa shape index (κ1) is 20.3. The number of carbonyl (C=O) groups excluding carboxylic acids is 1. The summed E-state index contributed by atoms with van der Waals surface area (Å²) in [5.41, 5.74) is 2.61. The van der Waals surface area contributed by atoms with Crippen LogP contribution in [0.4, 0.5) is 5.88 Å². The van der Waals surface area contributed by atoms with E-state index in [-0.39, 0.29) is 11.6 Å². The SMILES string of the molecule is Cc1ccc(-c2nc(C#N)c(N3CCN(C(=O)c4ccc(Cl)cc4Cl)CC3)o2)cc1. The van der Waals surface area contributed by atoms with Crippen LogP contribution < -0.4 is 4.90 Å². The Bertz CT molecular complexity index is 1130. The highest BCUT2D eigenvalue weighted by molar-refractivity contribution is 6.36. The summed E-state index contributed by atoms with van der Waals surface area (Å²) in [7, 11) is 0. The van der Waals surface area contributed by atoms with Crippen molar-refractivity contribution in [1.29, 1.82) is 5.26 Å². The van der Waals surface area contributed by atoms with Gasteiger partial charge >= 0.3 is 0 Å². The molecular weight excluding hydrogens is 423 g/mol. The highest BCUT2D eigenvalue weighted by atomic mass is 35.5. The average molecular weight is 441 g/mol. The number of halogens is 2. The van der Waals surface area contributed by atoms with Crippen LogP contribution in [0.15, 0.2) is 46.9 Å². The van der Waals surface area contributed by atoms with Gasteiger partial charge in [0.05, 0.1) is 10.6 Å². The summed E-state index contributed by atoms with van der Waals surface area (Å²) in [5.74, 6) is 0.701. The van der Waals surface area contributed by atoms with Gasteiger partial charge in [0.25, 0.3) is 5.91 Å². The molecule has 1 saturated heterocycles. The minimum Gasteiger partial charge on any atom is -0.419 e. The summed E-state index contributed by atoms with van der Waals surface area (Å²) in [4.78, 5) is 20.8. The van der Waals surface area contributed by atoms with E-state index in [1.165, 1.54) is 0 Å². The molecule has 0 spiro atoms. The van der Waals surface area contributed by atoms with E-state index in [4.69, 9.17) is 27.6 Å². The van der Waals surface area contributed by atoms with Gasteiger partial charge in [0, 0.05) is 36.8 Å². The lowest BCUT2D eigenvalue weighted by atomic mass is 10.1. The molecule has 3 aromatic rings. The summed E-state index contributed by atoms with van der Waals surface area (Å²) in [5, 5.41) is 10.3. The van der Waals surface area contributed by atoms with Gasteiger partial charge in [-0.3, -0.25) is 4.79 Å². The number of nitrogens with zero attached hydrogens (tertiary/aromatic N) is 4. The van der Waals surface area contributed by atoms with E-state index in [0.717, 1.165) is 11.1 Å². The zero-order valence-corrected chi connectivity index (χ0v) is 17.7. The molecule has 4 rings (SSSR count). The molecule has 1 aromatic heterocycles. The number of aromatic nitrogens is 1. The Labute approximate surface area is 184 Å². The fraction of sp³-hybridized carbons (Fsp3) is 0.227. The second-order valence-electron chi connectivity index (χ2n) is 7.05. The van der Waals surface area contributed by atoms with Crippen molar-refractivity contribution in [2.75, 3.05) is 31.1 Å². The molecule has 1 fully saturated rings. The number of oxazole rings is 1. The van der Waals surface area contributed by atoms with Crippen molar-refractivity contribution >= 4 is 35.0 Å². The third-order valence-corrected chi connectivity index (χ3v) is 5.58. The maximum absolute atomic E-state index is 12.8. The number of hydrogen-bond donors (Lipinski definition) is 0. The van der Waals surface area contributed by atoms with Crippen LogP contribution in [-0.2, 0) is 0 Å². The molecule has 0 radical (unpaired) electrons. The van der Waals surface area contributed by atoms with Crippen molar-refractivity contribution < 1.29 is 9.21 Å². The van der Waals surface area contributed by atoms with Crippen molar-refractivity contribution in [2.45, 2.75) is 6.92 Å². The zero-order chi connectivity index (χ0) is 21.3. The van der Waals surface area contributed by atoms with Gasteiger partial charge in [-0.15, -0.1) is 0 Å². The van der Waals surface area contributed by atoms with Crippen LogP contribution in [-0.4, -0.2) is 42.0 Å². The van der Waals surface area contributed by atoms with E-state index < -0.39 is 0 Å². The second-order valence-corrected chi connectivity index (χ2v) is 7.90. The van der Waals surface area contributed by atoms with Crippen molar-refractivity contribution in [3.8, 4) is 17.5 Å². The van der Waals surface area contributed by atoms with Crippen molar-refractivity contribution in [2.24, 2.45) is 0 Å². The summed E-state index contributed by atoms with van der Waals surface area (Å²) in [6.07, 6.45) is 0. The number of carbonyl (C=O) groups is 1. The average Bonchev–Trinajstić information content (AvgIpc) is 3.18. The first-order valence-electron chi connectivity index (χ1n) is 9.43. The summed E-state index contributed by atoms with van der Waals surface area (Å²) >= 11 is 12.1. The molecule has 30 heavy (non-hydrogen) atoms. The monoisotopic (exact) mass is 440 g/mol. The van der Waals surface area contributed by atoms with Gasteiger partial charge in [0.2, 0.25) is 17.5 Å². The number of hydrogen-bond acceptors (Lipinski definition) is 5. The smallest absolute Gasteiger partial charge is 0.255 e. The lowest BCUT2D eigenvalue weighted by Gasteiger charge is -2.34. The van der Waals surface area contributed by atoms with Gasteiger partial charge in [0.1, 0.15) is 6.07 Å². The van der Waals surface area contributed by atoms with Crippen LogP contribution in [0.25, 0.3) is 11.5 Å². The molecule has 0 N–H and O–H groups in total. The molecule has 1 aliphatic rings. The maximum Gasteiger partial charge on any atom is 0.255 e. The van der Waals surface area contributed by atoms with E-state index in [9.17, 15) is 10.1 Å². The molecule has 1 amide bonds. The third kappa shape index (κ3) is 4.00. The van der Waals surface area contributed by atoms with Crippen LogP contribution in [0.2, 0.25) is 10.0 Å². The van der Waals surface area contributed by atoms with Crippen LogP contribution in [0.5, 0.6) is 0 Å². The van der Waals surface area contributed by atoms with E-state index in [2.05, 4.69) is 11.1 Å².